The number of aromatic nitrogens is 2. The van der Waals surface area contributed by atoms with E-state index in [9.17, 15) is 0 Å². The van der Waals surface area contributed by atoms with Crippen LogP contribution in [0.25, 0.3) is 11.4 Å². The van der Waals surface area contributed by atoms with Gasteiger partial charge in [-0.15, -0.1) is 0 Å². The van der Waals surface area contributed by atoms with Gasteiger partial charge in [0.2, 0.25) is 5.82 Å². The summed E-state index contributed by atoms with van der Waals surface area (Å²) in [5.74, 6) is 1.76. The molecule has 0 N–H and O–H groups in total. The number of para-hydroxylation sites is 1. The Hall–Kier alpha value is -3.02. The van der Waals surface area contributed by atoms with Crippen LogP contribution in [0.1, 0.15) is 0 Å². The molecule has 0 amide bonds. The van der Waals surface area contributed by atoms with E-state index in [1.165, 1.54) is 0 Å². The van der Waals surface area contributed by atoms with Crippen LogP contribution in [0.5, 0.6) is 11.5 Å². The number of nitrogens with zero attached hydrogens (tertiary/aromatic N) is 3. The van der Waals surface area contributed by atoms with Crippen LogP contribution in [0.15, 0.2) is 53.1 Å². The van der Waals surface area contributed by atoms with Gasteiger partial charge in [-0.1, -0.05) is 23.4 Å². The van der Waals surface area contributed by atoms with E-state index in [-0.39, 0.29) is 0 Å². The molecule has 0 aliphatic rings. The summed E-state index contributed by atoms with van der Waals surface area (Å²) in [4.78, 5) is 6.27. The van der Waals surface area contributed by atoms with Gasteiger partial charge in [0.15, 0.2) is 11.5 Å². The summed E-state index contributed by atoms with van der Waals surface area (Å²) in [5, 5.41) is 4.04. The van der Waals surface area contributed by atoms with E-state index in [2.05, 4.69) is 10.1 Å². The van der Waals surface area contributed by atoms with Crippen molar-refractivity contribution in [3.63, 3.8) is 0 Å². The van der Waals surface area contributed by atoms with E-state index < -0.39 is 0 Å². The molecular weight excluding hydrogens is 294 g/mol. The fraction of sp³-hybridized carbons (Fsp3) is 0.176. The fourth-order valence-corrected chi connectivity index (χ4v) is 2.21. The minimum atomic E-state index is 0.418. The van der Waals surface area contributed by atoms with Crippen LogP contribution in [-0.2, 0) is 0 Å². The van der Waals surface area contributed by atoms with Crippen molar-refractivity contribution in [1.82, 2.24) is 10.1 Å². The second-order valence-electron chi connectivity index (χ2n) is 4.86. The minimum Gasteiger partial charge on any atom is -0.493 e. The number of hydrogen-bond acceptors (Lipinski definition) is 6. The number of hydrogen-bond donors (Lipinski definition) is 0. The quantitative estimate of drug-likeness (QED) is 0.718. The lowest BCUT2D eigenvalue weighted by atomic mass is 10.2. The number of methoxy groups -OCH3 is 2. The molecule has 118 valence electrons. The Kier molecular flexibility index (Phi) is 4.14. The second-order valence-corrected chi connectivity index (χ2v) is 4.86. The lowest BCUT2D eigenvalue weighted by Gasteiger charge is -2.12. The molecule has 3 aromatic rings. The predicted molar refractivity (Wildman–Crippen MR) is 87.3 cm³/mol. The van der Waals surface area contributed by atoms with Crippen molar-refractivity contribution in [2.75, 3.05) is 26.2 Å². The zero-order valence-corrected chi connectivity index (χ0v) is 13.2. The van der Waals surface area contributed by atoms with Gasteiger partial charge in [0.1, 0.15) is 0 Å². The van der Waals surface area contributed by atoms with Crippen LogP contribution in [0, 0.1) is 0 Å². The molecule has 23 heavy (non-hydrogen) atoms. The molecule has 1 aromatic heterocycles. The summed E-state index contributed by atoms with van der Waals surface area (Å²) in [5.41, 5.74) is 1.76. The van der Waals surface area contributed by atoms with Crippen molar-refractivity contribution in [3.8, 4) is 22.9 Å². The maximum Gasteiger partial charge on any atom is 0.328 e. The van der Waals surface area contributed by atoms with E-state index in [0.29, 0.717) is 23.3 Å². The van der Waals surface area contributed by atoms with Crippen LogP contribution < -0.4 is 14.4 Å². The topological polar surface area (TPSA) is 60.6 Å². The molecule has 6 nitrogen and oxygen atoms in total. The first-order valence-electron chi connectivity index (χ1n) is 7.08. The molecule has 0 bridgehead atoms. The zero-order chi connectivity index (χ0) is 16.2. The van der Waals surface area contributed by atoms with Crippen LogP contribution in [0.4, 0.5) is 11.7 Å². The molecule has 0 saturated carbocycles. The van der Waals surface area contributed by atoms with Gasteiger partial charge in [0, 0.05) is 18.3 Å². The third-order valence-electron chi connectivity index (χ3n) is 3.49. The third-order valence-corrected chi connectivity index (χ3v) is 3.49. The molecule has 0 aliphatic carbocycles. The average molecular weight is 311 g/mol. The first-order chi connectivity index (χ1) is 11.2. The van der Waals surface area contributed by atoms with E-state index in [1.807, 2.05) is 60.5 Å². The summed E-state index contributed by atoms with van der Waals surface area (Å²) >= 11 is 0. The molecule has 0 radical (unpaired) electrons. The van der Waals surface area contributed by atoms with E-state index in [4.69, 9.17) is 14.0 Å². The lowest BCUT2D eigenvalue weighted by Crippen LogP contribution is -2.09. The highest BCUT2D eigenvalue weighted by Gasteiger charge is 2.15. The van der Waals surface area contributed by atoms with Crippen molar-refractivity contribution in [1.29, 1.82) is 0 Å². The Morgan fingerprint density at radius 3 is 2.39 bits per heavy atom. The van der Waals surface area contributed by atoms with Gasteiger partial charge in [-0.25, -0.2) is 0 Å². The third kappa shape index (κ3) is 2.96. The van der Waals surface area contributed by atoms with Gasteiger partial charge >= 0.3 is 6.01 Å². The Morgan fingerprint density at radius 1 is 0.957 bits per heavy atom. The highest BCUT2D eigenvalue weighted by Crippen LogP contribution is 2.32. The van der Waals surface area contributed by atoms with E-state index in [0.717, 1.165) is 11.3 Å². The highest BCUT2D eigenvalue weighted by molar-refractivity contribution is 5.63. The van der Waals surface area contributed by atoms with Crippen molar-refractivity contribution in [3.05, 3.63) is 48.5 Å². The van der Waals surface area contributed by atoms with Gasteiger partial charge < -0.3 is 14.0 Å². The highest BCUT2D eigenvalue weighted by atomic mass is 16.5. The monoisotopic (exact) mass is 311 g/mol. The lowest BCUT2D eigenvalue weighted by molar-refractivity contribution is 0.355. The first-order valence-corrected chi connectivity index (χ1v) is 7.08. The van der Waals surface area contributed by atoms with Crippen molar-refractivity contribution in [2.45, 2.75) is 0 Å². The SMILES string of the molecule is COc1ccc(-c2noc(N(C)c3ccccc3)n2)cc1OC. The van der Waals surface area contributed by atoms with Crippen molar-refractivity contribution in [2.24, 2.45) is 0 Å². The molecule has 1 heterocycles. The Balaban J connectivity index is 1.90. The fourth-order valence-electron chi connectivity index (χ4n) is 2.21. The van der Waals surface area contributed by atoms with Crippen LogP contribution in [0.2, 0.25) is 0 Å². The number of benzene rings is 2. The summed E-state index contributed by atoms with van der Waals surface area (Å²) in [7, 11) is 5.06. The summed E-state index contributed by atoms with van der Waals surface area (Å²) in [6.07, 6.45) is 0. The molecule has 0 aliphatic heterocycles. The van der Waals surface area contributed by atoms with E-state index in [1.54, 1.807) is 14.2 Å². The van der Waals surface area contributed by atoms with Crippen LogP contribution in [0.3, 0.4) is 0 Å². The van der Waals surface area contributed by atoms with Crippen LogP contribution >= 0.6 is 0 Å². The molecule has 0 spiro atoms. The van der Waals surface area contributed by atoms with Gasteiger partial charge in [-0.3, -0.25) is 4.90 Å². The Bertz CT molecular complexity index is 787. The van der Waals surface area contributed by atoms with Crippen LogP contribution in [-0.4, -0.2) is 31.4 Å². The predicted octanol–water partition coefficient (Wildman–Crippen LogP) is 3.52. The number of rotatable bonds is 5. The van der Waals surface area contributed by atoms with E-state index >= 15 is 0 Å². The minimum absolute atomic E-state index is 0.418. The first kappa shape index (κ1) is 14.9. The smallest absolute Gasteiger partial charge is 0.328 e. The van der Waals surface area contributed by atoms with Gasteiger partial charge in [0.05, 0.1) is 14.2 Å². The molecule has 6 heteroatoms. The van der Waals surface area contributed by atoms with Gasteiger partial charge in [0.25, 0.3) is 0 Å². The molecule has 0 saturated heterocycles. The summed E-state index contributed by atoms with van der Waals surface area (Å²) in [6, 6.07) is 15.7. The van der Waals surface area contributed by atoms with Crippen molar-refractivity contribution < 1.29 is 14.0 Å². The maximum absolute atomic E-state index is 5.36. The normalized spacial score (nSPS) is 10.4. The molecular formula is C17H17N3O3. The Labute approximate surface area is 134 Å². The van der Waals surface area contributed by atoms with Gasteiger partial charge in [-0.05, 0) is 30.3 Å². The average Bonchev–Trinajstić information content (AvgIpc) is 3.11. The molecule has 3 rings (SSSR count). The Morgan fingerprint density at radius 2 is 1.70 bits per heavy atom. The largest absolute Gasteiger partial charge is 0.493 e. The summed E-state index contributed by atoms with van der Waals surface area (Å²) in [6.45, 7) is 0. The standard InChI is InChI=1S/C17H17N3O3/c1-20(13-7-5-4-6-8-13)17-18-16(19-23-17)12-9-10-14(21-2)15(11-12)22-3/h4-11H,1-3H3. The maximum atomic E-state index is 5.36. The number of anilines is 2. The second kappa shape index (κ2) is 6.39. The van der Waals surface area contributed by atoms with Gasteiger partial charge in [-0.2, -0.15) is 4.98 Å². The molecule has 2 aromatic carbocycles. The molecule has 0 fully saturated rings. The molecule has 0 atom stereocenters. The number of ether oxygens (including phenoxy) is 2. The molecule has 0 unspecified atom stereocenters. The summed E-state index contributed by atoms with van der Waals surface area (Å²) < 4.78 is 15.9. The van der Waals surface area contributed by atoms with Crippen molar-refractivity contribution >= 4 is 11.7 Å². The zero-order valence-electron chi connectivity index (χ0n) is 13.2.